The molecule has 0 aliphatic carbocycles. The van der Waals surface area contributed by atoms with E-state index in [-0.39, 0.29) is 0 Å². The summed E-state index contributed by atoms with van der Waals surface area (Å²) in [5.74, 6) is 0.782. The predicted octanol–water partition coefficient (Wildman–Crippen LogP) is 6.93. The van der Waals surface area contributed by atoms with E-state index in [0.717, 1.165) is 44.8 Å². The minimum Gasteiger partial charge on any atom is -0.338 e. The highest BCUT2D eigenvalue weighted by molar-refractivity contribution is 7.17. The molecule has 0 aliphatic rings. The second kappa shape index (κ2) is 7.29. The maximum absolute atomic E-state index is 6.50. The summed E-state index contributed by atoms with van der Waals surface area (Å²) in [7, 11) is 0. The molecule has 5 heteroatoms. The Morgan fingerprint density at radius 3 is 2.56 bits per heavy atom. The lowest BCUT2D eigenvalue weighted by atomic mass is 10.0. The lowest BCUT2D eigenvalue weighted by molar-refractivity contribution is 1.14. The zero-order chi connectivity index (χ0) is 19.0. The van der Waals surface area contributed by atoms with Crippen molar-refractivity contribution in [2.75, 3.05) is 5.32 Å². The molecule has 0 saturated carbocycles. The molecule has 4 aromatic rings. The van der Waals surface area contributed by atoms with Crippen LogP contribution in [0.25, 0.3) is 21.3 Å². The van der Waals surface area contributed by atoms with Crippen molar-refractivity contribution >= 4 is 44.7 Å². The van der Waals surface area contributed by atoms with E-state index in [2.05, 4.69) is 64.8 Å². The Kier molecular flexibility index (Phi) is 4.85. The summed E-state index contributed by atoms with van der Waals surface area (Å²) in [4.78, 5) is 9.94. The molecule has 136 valence electrons. The van der Waals surface area contributed by atoms with Crippen molar-refractivity contribution < 1.29 is 0 Å². The number of nitrogens with one attached hydrogen (secondary N) is 1. The summed E-state index contributed by atoms with van der Waals surface area (Å²) in [5.41, 5.74) is 6.76. The fourth-order valence-corrected chi connectivity index (χ4v) is 4.58. The molecular weight excluding hydrogens is 374 g/mol. The SMILES string of the molecule is CCc1ccc(-c2csc3ncnc(Nc4c(C)cc(C)cc4Cl)c23)cc1. The van der Waals surface area contributed by atoms with E-state index < -0.39 is 0 Å². The molecule has 0 spiro atoms. The van der Waals surface area contributed by atoms with Gasteiger partial charge in [-0.05, 0) is 48.6 Å². The van der Waals surface area contributed by atoms with Crippen LogP contribution in [-0.4, -0.2) is 9.97 Å². The average Bonchev–Trinajstić information content (AvgIpc) is 3.09. The van der Waals surface area contributed by atoms with Crippen molar-refractivity contribution in [2.45, 2.75) is 27.2 Å². The zero-order valence-corrected chi connectivity index (χ0v) is 17.1. The smallest absolute Gasteiger partial charge is 0.143 e. The van der Waals surface area contributed by atoms with Gasteiger partial charge in [0.05, 0.1) is 16.1 Å². The fraction of sp³-hybridized carbons (Fsp3) is 0.182. The molecule has 0 fully saturated rings. The van der Waals surface area contributed by atoms with Gasteiger partial charge in [-0.15, -0.1) is 11.3 Å². The van der Waals surface area contributed by atoms with Gasteiger partial charge in [-0.1, -0.05) is 48.9 Å². The van der Waals surface area contributed by atoms with E-state index in [9.17, 15) is 0 Å². The Morgan fingerprint density at radius 1 is 1.07 bits per heavy atom. The first kappa shape index (κ1) is 18.0. The van der Waals surface area contributed by atoms with Gasteiger partial charge in [0.15, 0.2) is 0 Å². The molecule has 0 aliphatic heterocycles. The van der Waals surface area contributed by atoms with Crippen LogP contribution in [0.3, 0.4) is 0 Å². The molecule has 27 heavy (non-hydrogen) atoms. The lowest BCUT2D eigenvalue weighted by Gasteiger charge is -2.13. The number of fused-ring (bicyclic) bond motifs is 1. The maximum atomic E-state index is 6.50. The highest BCUT2D eigenvalue weighted by Crippen LogP contribution is 2.39. The van der Waals surface area contributed by atoms with Gasteiger partial charge in [0.2, 0.25) is 0 Å². The molecular formula is C22H20ClN3S. The molecule has 0 atom stereocenters. The van der Waals surface area contributed by atoms with Gasteiger partial charge >= 0.3 is 0 Å². The highest BCUT2D eigenvalue weighted by Gasteiger charge is 2.15. The maximum Gasteiger partial charge on any atom is 0.143 e. The Labute approximate surface area is 168 Å². The van der Waals surface area contributed by atoms with Crippen LogP contribution in [0.5, 0.6) is 0 Å². The van der Waals surface area contributed by atoms with Crippen molar-refractivity contribution in [1.29, 1.82) is 0 Å². The number of anilines is 2. The van der Waals surface area contributed by atoms with Crippen LogP contribution < -0.4 is 5.32 Å². The van der Waals surface area contributed by atoms with E-state index in [4.69, 9.17) is 11.6 Å². The van der Waals surface area contributed by atoms with Crippen LogP contribution in [0.2, 0.25) is 5.02 Å². The number of thiophene rings is 1. The van der Waals surface area contributed by atoms with Crippen LogP contribution in [0.1, 0.15) is 23.6 Å². The number of aromatic nitrogens is 2. The van der Waals surface area contributed by atoms with E-state index >= 15 is 0 Å². The van der Waals surface area contributed by atoms with Gasteiger partial charge in [0, 0.05) is 10.9 Å². The molecule has 0 unspecified atom stereocenters. The van der Waals surface area contributed by atoms with E-state index in [1.165, 1.54) is 11.1 Å². The number of rotatable bonds is 4. The number of hydrogen-bond donors (Lipinski definition) is 1. The second-order valence-corrected chi connectivity index (χ2v) is 7.93. The van der Waals surface area contributed by atoms with Crippen molar-refractivity contribution in [1.82, 2.24) is 9.97 Å². The van der Waals surface area contributed by atoms with Gasteiger partial charge in [0.25, 0.3) is 0 Å². The Balaban J connectivity index is 1.83. The van der Waals surface area contributed by atoms with Crippen molar-refractivity contribution in [3.8, 4) is 11.1 Å². The third kappa shape index (κ3) is 3.43. The molecule has 4 rings (SSSR count). The van der Waals surface area contributed by atoms with Crippen LogP contribution in [-0.2, 0) is 6.42 Å². The minimum absolute atomic E-state index is 0.698. The van der Waals surface area contributed by atoms with Gasteiger partial charge in [0.1, 0.15) is 17.0 Å². The molecule has 0 radical (unpaired) electrons. The fourth-order valence-electron chi connectivity index (χ4n) is 3.29. The average molecular weight is 394 g/mol. The molecule has 3 nitrogen and oxygen atoms in total. The molecule has 0 saturated heterocycles. The normalized spacial score (nSPS) is 11.1. The summed E-state index contributed by atoms with van der Waals surface area (Å²) >= 11 is 8.13. The predicted molar refractivity (Wildman–Crippen MR) is 116 cm³/mol. The topological polar surface area (TPSA) is 37.8 Å². The van der Waals surface area contributed by atoms with Crippen LogP contribution in [0.4, 0.5) is 11.5 Å². The lowest BCUT2D eigenvalue weighted by Crippen LogP contribution is -1.99. The molecule has 0 amide bonds. The van der Waals surface area contributed by atoms with E-state index in [1.807, 2.05) is 13.0 Å². The first-order valence-electron chi connectivity index (χ1n) is 8.92. The first-order chi connectivity index (χ1) is 13.1. The van der Waals surface area contributed by atoms with E-state index in [1.54, 1.807) is 17.7 Å². The van der Waals surface area contributed by atoms with Gasteiger partial charge < -0.3 is 5.32 Å². The molecule has 2 aromatic heterocycles. The van der Waals surface area contributed by atoms with Crippen molar-refractivity contribution in [2.24, 2.45) is 0 Å². The summed E-state index contributed by atoms with van der Waals surface area (Å²) in [6.07, 6.45) is 2.63. The van der Waals surface area contributed by atoms with Gasteiger partial charge in [-0.25, -0.2) is 9.97 Å². The molecule has 1 N–H and O–H groups in total. The van der Waals surface area contributed by atoms with Crippen molar-refractivity contribution in [3.63, 3.8) is 0 Å². The summed E-state index contributed by atoms with van der Waals surface area (Å²) in [5, 5.41) is 7.33. The van der Waals surface area contributed by atoms with Crippen molar-refractivity contribution in [3.05, 3.63) is 69.8 Å². The number of nitrogens with zero attached hydrogens (tertiary/aromatic N) is 2. The Hall–Kier alpha value is -2.43. The highest BCUT2D eigenvalue weighted by atomic mass is 35.5. The quantitative estimate of drug-likeness (QED) is 0.408. The van der Waals surface area contributed by atoms with Gasteiger partial charge in [-0.3, -0.25) is 0 Å². The monoisotopic (exact) mass is 393 g/mol. The van der Waals surface area contributed by atoms with Crippen LogP contribution in [0.15, 0.2) is 48.1 Å². The van der Waals surface area contributed by atoms with E-state index in [0.29, 0.717) is 5.02 Å². The van der Waals surface area contributed by atoms with Gasteiger partial charge in [-0.2, -0.15) is 0 Å². The number of halogens is 1. The second-order valence-electron chi connectivity index (χ2n) is 6.67. The molecule has 2 aromatic carbocycles. The Morgan fingerprint density at radius 2 is 1.85 bits per heavy atom. The number of hydrogen-bond acceptors (Lipinski definition) is 4. The third-order valence-corrected chi connectivity index (χ3v) is 5.90. The zero-order valence-electron chi connectivity index (χ0n) is 15.5. The number of aryl methyl sites for hydroxylation is 3. The molecule has 0 bridgehead atoms. The molecule has 2 heterocycles. The van der Waals surface area contributed by atoms with Crippen LogP contribution >= 0.6 is 22.9 Å². The standard InChI is InChI=1S/C22H20ClN3S/c1-4-15-5-7-16(8-6-15)17-11-27-22-19(17)21(24-12-25-22)26-20-14(3)9-13(2)10-18(20)23/h5-12H,4H2,1-3H3,(H,24,25,26). The first-order valence-corrected chi connectivity index (χ1v) is 10.2. The third-order valence-electron chi connectivity index (χ3n) is 4.72. The minimum atomic E-state index is 0.698. The summed E-state index contributed by atoms with van der Waals surface area (Å²) in [6, 6.07) is 12.8. The number of benzene rings is 2. The summed E-state index contributed by atoms with van der Waals surface area (Å²) < 4.78 is 0. The summed E-state index contributed by atoms with van der Waals surface area (Å²) in [6.45, 7) is 6.26. The largest absolute Gasteiger partial charge is 0.338 e. The van der Waals surface area contributed by atoms with Crippen LogP contribution in [0, 0.1) is 13.8 Å². The Bertz CT molecular complexity index is 1090.